The number of carbonyl (C=O) groups excluding carboxylic acids is 4. The number of urea groups is 1. The van der Waals surface area contributed by atoms with Crippen LogP contribution in [0.5, 0.6) is 0 Å². The second-order valence-corrected chi connectivity index (χ2v) is 6.23. The molecule has 0 heterocycles. The predicted molar refractivity (Wildman–Crippen MR) is 108 cm³/mol. The number of rotatable bonds is 10. The molecule has 160 valence electrons. The first-order chi connectivity index (χ1) is 13.4. The van der Waals surface area contributed by atoms with Gasteiger partial charge in [-0.25, -0.2) is 4.79 Å². The second kappa shape index (κ2) is 11.9. The van der Waals surface area contributed by atoms with Gasteiger partial charge in [-0.1, -0.05) is 12.5 Å². The van der Waals surface area contributed by atoms with E-state index in [1.54, 1.807) is 0 Å². The second-order valence-electron chi connectivity index (χ2n) is 6.23. The maximum absolute atomic E-state index is 12.5. The van der Waals surface area contributed by atoms with Crippen LogP contribution in [0.3, 0.4) is 0 Å². The van der Waals surface area contributed by atoms with E-state index in [9.17, 15) is 19.2 Å². The van der Waals surface area contributed by atoms with Crippen LogP contribution < -0.4 is 33.2 Å². The molecule has 0 fully saturated rings. The van der Waals surface area contributed by atoms with Gasteiger partial charge in [0.15, 0.2) is 12.0 Å². The van der Waals surface area contributed by atoms with Crippen LogP contribution in [0.25, 0.3) is 0 Å². The lowest BCUT2D eigenvalue weighted by Crippen LogP contribution is -2.56. The molecule has 12 nitrogen and oxygen atoms in total. The summed E-state index contributed by atoms with van der Waals surface area (Å²) in [6.07, 6.45) is 5.46. The summed E-state index contributed by atoms with van der Waals surface area (Å²) in [7, 11) is 2.93. The molecule has 0 aromatic carbocycles. The first kappa shape index (κ1) is 25.2. The van der Waals surface area contributed by atoms with Crippen LogP contribution in [0.4, 0.5) is 4.79 Å². The van der Waals surface area contributed by atoms with Crippen molar-refractivity contribution in [2.45, 2.75) is 31.5 Å². The van der Waals surface area contributed by atoms with E-state index in [0.717, 1.165) is 0 Å². The standard InChI is InChI=1S/C17H28N8O4/c1-6-11(23-17(29)25(4)5)14(27)24-12(9(2)7-8-21-16(19)20)15(28)22-10(3)13(18)26/h1,10-12H,2,7-8H2,3-5H3,(H2,18,26)(H,22,28)(H,23,29)(H,24,27)(H4,19,20,21). The van der Waals surface area contributed by atoms with Gasteiger partial charge in [0.25, 0.3) is 5.91 Å². The van der Waals surface area contributed by atoms with Gasteiger partial charge in [-0.05, 0) is 18.9 Å². The summed E-state index contributed by atoms with van der Waals surface area (Å²) >= 11 is 0. The summed E-state index contributed by atoms with van der Waals surface area (Å²) in [4.78, 5) is 53.0. The molecule has 0 saturated heterocycles. The number of guanidine groups is 1. The average Bonchev–Trinajstić information content (AvgIpc) is 2.62. The summed E-state index contributed by atoms with van der Waals surface area (Å²) in [6, 6.07) is -4.22. The average molecular weight is 408 g/mol. The zero-order chi connectivity index (χ0) is 22.7. The highest BCUT2D eigenvalue weighted by Crippen LogP contribution is 2.07. The topological polar surface area (TPSA) is 198 Å². The van der Waals surface area contributed by atoms with Crippen molar-refractivity contribution in [3.05, 3.63) is 12.2 Å². The number of primary amides is 1. The van der Waals surface area contributed by atoms with Crippen molar-refractivity contribution in [1.29, 1.82) is 0 Å². The molecule has 29 heavy (non-hydrogen) atoms. The van der Waals surface area contributed by atoms with Crippen molar-refractivity contribution in [1.82, 2.24) is 20.9 Å². The van der Waals surface area contributed by atoms with E-state index in [1.165, 1.54) is 25.9 Å². The molecule has 0 aromatic rings. The lowest BCUT2D eigenvalue weighted by Gasteiger charge is -2.24. The van der Waals surface area contributed by atoms with E-state index in [-0.39, 0.29) is 24.5 Å². The maximum Gasteiger partial charge on any atom is 0.318 e. The number of hydrogen-bond donors (Lipinski definition) is 6. The van der Waals surface area contributed by atoms with Gasteiger partial charge in [0.2, 0.25) is 11.8 Å². The highest BCUT2D eigenvalue weighted by molar-refractivity contribution is 5.96. The van der Waals surface area contributed by atoms with Gasteiger partial charge in [-0.15, -0.1) is 6.42 Å². The molecular weight excluding hydrogens is 380 g/mol. The minimum atomic E-state index is -1.35. The van der Waals surface area contributed by atoms with E-state index in [2.05, 4.69) is 33.4 Å². The lowest BCUT2D eigenvalue weighted by atomic mass is 10.0. The van der Waals surface area contributed by atoms with E-state index in [0.29, 0.717) is 0 Å². The Kier molecular flexibility index (Phi) is 10.3. The Hall–Kier alpha value is -3.75. The number of carbonyl (C=O) groups is 4. The van der Waals surface area contributed by atoms with E-state index in [1.807, 2.05) is 0 Å². The number of amides is 5. The largest absolute Gasteiger partial charge is 0.370 e. The van der Waals surface area contributed by atoms with Crippen LogP contribution >= 0.6 is 0 Å². The van der Waals surface area contributed by atoms with Gasteiger partial charge in [0, 0.05) is 20.6 Å². The highest BCUT2D eigenvalue weighted by atomic mass is 16.2. The molecule has 0 aliphatic heterocycles. The van der Waals surface area contributed by atoms with E-state index >= 15 is 0 Å². The number of aliphatic imine (C=N–C) groups is 1. The van der Waals surface area contributed by atoms with Crippen molar-refractivity contribution < 1.29 is 19.2 Å². The summed E-state index contributed by atoms with van der Waals surface area (Å²) in [5.41, 5.74) is 15.9. The molecule has 0 aromatic heterocycles. The fourth-order valence-electron chi connectivity index (χ4n) is 1.85. The monoisotopic (exact) mass is 408 g/mol. The van der Waals surface area contributed by atoms with Gasteiger partial charge in [-0.3, -0.25) is 19.4 Å². The molecule has 0 spiro atoms. The van der Waals surface area contributed by atoms with Crippen molar-refractivity contribution in [2.24, 2.45) is 22.2 Å². The molecular formula is C17H28N8O4. The van der Waals surface area contributed by atoms with E-state index in [4.69, 9.17) is 23.6 Å². The Bertz CT molecular complexity index is 721. The fourth-order valence-corrected chi connectivity index (χ4v) is 1.85. The van der Waals surface area contributed by atoms with Crippen LogP contribution in [0.15, 0.2) is 17.1 Å². The Morgan fingerprint density at radius 3 is 2.14 bits per heavy atom. The van der Waals surface area contributed by atoms with Crippen LogP contribution in [-0.4, -0.2) is 73.4 Å². The lowest BCUT2D eigenvalue weighted by molar-refractivity contribution is -0.130. The molecule has 3 unspecified atom stereocenters. The number of nitrogens with two attached hydrogens (primary N) is 3. The minimum absolute atomic E-state index is 0.113. The van der Waals surface area contributed by atoms with Crippen molar-refractivity contribution >= 4 is 29.7 Å². The molecule has 0 aliphatic rings. The van der Waals surface area contributed by atoms with Gasteiger partial charge in [-0.2, -0.15) is 0 Å². The summed E-state index contributed by atoms with van der Waals surface area (Å²) < 4.78 is 0. The molecule has 9 N–H and O–H groups in total. The molecule has 12 heteroatoms. The van der Waals surface area contributed by atoms with Gasteiger partial charge < -0.3 is 38.1 Å². The predicted octanol–water partition coefficient (Wildman–Crippen LogP) is -3.05. The zero-order valence-corrected chi connectivity index (χ0v) is 16.7. The Balaban J connectivity index is 5.42. The molecule has 0 bridgehead atoms. The van der Waals surface area contributed by atoms with E-state index < -0.39 is 41.9 Å². The Labute approximate surface area is 169 Å². The fraction of sp³-hybridized carbons (Fsp3) is 0.471. The third kappa shape index (κ3) is 9.14. The highest BCUT2D eigenvalue weighted by Gasteiger charge is 2.29. The third-order valence-corrected chi connectivity index (χ3v) is 3.57. The molecule has 0 saturated carbocycles. The number of nitrogens with zero attached hydrogens (tertiary/aromatic N) is 2. The van der Waals surface area contributed by atoms with Crippen molar-refractivity contribution in [2.75, 3.05) is 20.6 Å². The normalized spacial score (nSPS) is 12.9. The third-order valence-electron chi connectivity index (χ3n) is 3.57. The summed E-state index contributed by atoms with van der Waals surface area (Å²) in [6.45, 7) is 5.25. The Morgan fingerprint density at radius 2 is 1.69 bits per heavy atom. The van der Waals surface area contributed by atoms with Gasteiger partial charge >= 0.3 is 6.03 Å². The smallest absolute Gasteiger partial charge is 0.318 e. The summed E-state index contributed by atoms with van der Waals surface area (Å²) in [5, 5.41) is 7.08. The quantitative estimate of drug-likeness (QED) is 0.0960. The molecule has 3 atom stereocenters. The van der Waals surface area contributed by atoms with Crippen LogP contribution in [0, 0.1) is 12.3 Å². The Morgan fingerprint density at radius 1 is 1.10 bits per heavy atom. The number of nitrogens with one attached hydrogen (secondary N) is 3. The summed E-state index contributed by atoms with van der Waals surface area (Å²) in [5.74, 6) is -0.355. The molecule has 0 aliphatic carbocycles. The first-order valence-corrected chi connectivity index (χ1v) is 8.47. The molecule has 0 radical (unpaired) electrons. The molecule has 0 rings (SSSR count). The van der Waals surface area contributed by atoms with Gasteiger partial charge in [0.1, 0.15) is 12.1 Å². The first-order valence-electron chi connectivity index (χ1n) is 8.47. The zero-order valence-electron chi connectivity index (χ0n) is 16.7. The SMILES string of the molecule is C#CC(NC(=O)N(C)C)C(=O)NC(C(=C)CCN=C(N)N)C(=O)NC(C)C(N)=O. The van der Waals surface area contributed by atoms with Crippen molar-refractivity contribution in [3.8, 4) is 12.3 Å². The van der Waals surface area contributed by atoms with Crippen LogP contribution in [0.1, 0.15) is 13.3 Å². The number of hydrogen-bond acceptors (Lipinski definition) is 5. The molecule has 5 amide bonds. The number of terminal acetylenes is 1. The van der Waals surface area contributed by atoms with Crippen LogP contribution in [0.2, 0.25) is 0 Å². The van der Waals surface area contributed by atoms with Crippen molar-refractivity contribution in [3.63, 3.8) is 0 Å². The minimum Gasteiger partial charge on any atom is -0.370 e. The van der Waals surface area contributed by atoms with Gasteiger partial charge in [0.05, 0.1) is 0 Å². The maximum atomic E-state index is 12.5. The van der Waals surface area contributed by atoms with Crippen LogP contribution in [-0.2, 0) is 14.4 Å².